The molecule has 1 heterocycles. The smallest absolute Gasteiger partial charge is 0.103 e. The predicted molar refractivity (Wildman–Crippen MR) is 85.7 cm³/mol. The van der Waals surface area contributed by atoms with Crippen molar-refractivity contribution < 1.29 is 0 Å². The number of likely N-dealkylation sites (tertiary alicyclic amines) is 1. The highest BCUT2D eigenvalue weighted by Crippen LogP contribution is 2.30. The van der Waals surface area contributed by atoms with E-state index in [1.807, 2.05) is 24.3 Å². The number of rotatable bonds is 4. The number of hydrogen-bond donors (Lipinski definition) is 2. The monoisotopic (exact) mass is 277 g/mol. The first kappa shape index (κ1) is 14.3. The number of hydrogen-bond acceptors (Lipinski definition) is 3. The van der Waals surface area contributed by atoms with Gasteiger partial charge in [-0.15, -0.1) is 0 Å². The Morgan fingerprint density at radius 3 is 2.42 bits per heavy atom. The van der Waals surface area contributed by atoms with Crippen LogP contribution in [-0.4, -0.2) is 36.6 Å². The van der Waals surface area contributed by atoms with Crippen molar-refractivity contribution in [2.75, 3.05) is 32.0 Å². The van der Waals surface area contributed by atoms with Crippen molar-refractivity contribution in [3.63, 3.8) is 0 Å². The quantitative estimate of drug-likeness (QED) is 0.830. The van der Waals surface area contributed by atoms with Crippen molar-refractivity contribution in [3.8, 4) is 0 Å². The second kappa shape index (κ2) is 5.88. The molecule has 0 radical (unpaired) electrons. The van der Waals surface area contributed by atoms with E-state index in [9.17, 15) is 0 Å². The highest BCUT2D eigenvalue weighted by Gasteiger charge is 2.28. The van der Waals surface area contributed by atoms with E-state index in [1.54, 1.807) is 0 Å². The van der Waals surface area contributed by atoms with Crippen molar-refractivity contribution in [1.82, 2.24) is 4.90 Å². The zero-order chi connectivity index (χ0) is 13.9. The minimum absolute atomic E-state index is 0.397. The summed E-state index contributed by atoms with van der Waals surface area (Å²) in [5, 5.41) is 3.53. The van der Waals surface area contributed by atoms with Gasteiger partial charge in [0.15, 0.2) is 0 Å². The number of nitrogens with zero attached hydrogens (tertiary/aromatic N) is 1. The van der Waals surface area contributed by atoms with Crippen LogP contribution in [-0.2, 0) is 0 Å². The first-order valence-corrected chi connectivity index (χ1v) is 7.22. The maximum absolute atomic E-state index is 5.60. The van der Waals surface area contributed by atoms with Gasteiger partial charge in [-0.2, -0.15) is 0 Å². The fourth-order valence-corrected chi connectivity index (χ4v) is 2.54. The molecule has 1 aromatic rings. The second-order valence-electron chi connectivity index (χ2n) is 5.91. The topological polar surface area (TPSA) is 41.3 Å². The minimum atomic E-state index is 0.397. The molecule has 0 aromatic heterocycles. The summed E-state index contributed by atoms with van der Waals surface area (Å²) in [6, 6.07) is 8.04. The van der Waals surface area contributed by atoms with Crippen molar-refractivity contribution in [2.24, 2.45) is 11.1 Å². The lowest BCUT2D eigenvalue weighted by molar-refractivity contribution is 0.150. The molecule has 104 valence electrons. The molecule has 1 aliphatic rings. The molecule has 0 bridgehead atoms. The van der Waals surface area contributed by atoms with E-state index in [2.05, 4.69) is 24.2 Å². The van der Waals surface area contributed by atoms with Crippen LogP contribution in [0.4, 0.5) is 5.69 Å². The molecule has 1 saturated heterocycles. The van der Waals surface area contributed by atoms with Crippen molar-refractivity contribution >= 4 is 22.9 Å². The Morgan fingerprint density at radius 1 is 1.32 bits per heavy atom. The van der Waals surface area contributed by atoms with E-state index in [4.69, 9.17) is 18.0 Å². The summed E-state index contributed by atoms with van der Waals surface area (Å²) in [5.41, 5.74) is 8.05. The first-order valence-electron chi connectivity index (χ1n) is 6.81. The summed E-state index contributed by atoms with van der Waals surface area (Å²) in [6.07, 6.45) is 2.50. The third-order valence-electron chi connectivity index (χ3n) is 4.08. The normalized spacial score (nSPS) is 19.1. The Morgan fingerprint density at radius 2 is 1.89 bits per heavy atom. The summed E-state index contributed by atoms with van der Waals surface area (Å²) >= 11 is 4.95. The van der Waals surface area contributed by atoms with Crippen LogP contribution in [0.2, 0.25) is 0 Å². The lowest BCUT2D eigenvalue weighted by Gasteiger charge is -2.38. The molecule has 0 amide bonds. The Balaban J connectivity index is 1.89. The molecule has 0 atom stereocenters. The Bertz CT molecular complexity index is 433. The molecule has 0 aliphatic carbocycles. The van der Waals surface area contributed by atoms with Crippen LogP contribution in [0.5, 0.6) is 0 Å². The van der Waals surface area contributed by atoms with Crippen LogP contribution in [0.3, 0.4) is 0 Å². The number of anilines is 1. The zero-order valence-electron chi connectivity index (χ0n) is 11.8. The Labute approximate surface area is 121 Å². The number of piperidine rings is 1. The van der Waals surface area contributed by atoms with Gasteiger partial charge < -0.3 is 16.0 Å². The van der Waals surface area contributed by atoms with Crippen LogP contribution in [0.1, 0.15) is 25.3 Å². The summed E-state index contributed by atoms with van der Waals surface area (Å²) in [5.74, 6) is 0. The van der Waals surface area contributed by atoms with E-state index in [1.165, 1.54) is 25.9 Å². The maximum atomic E-state index is 5.60. The molecular weight excluding hydrogens is 254 g/mol. The highest BCUT2D eigenvalue weighted by atomic mass is 32.1. The molecule has 0 unspecified atom stereocenters. The van der Waals surface area contributed by atoms with Gasteiger partial charge in [-0.25, -0.2) is 0 Å². The molecule has 0 saturated carbocycles. The predicted octanol–water partition coefficient (Wildman–Crippen LogP) is 2.46. The highest BCUT2D eigenvalue weighted by molar-refractivity contribution is 7.80. The van der Waals surface area contributed by atoms with Gasteiger partial charge in [-0.05, 0) is 62.7 Å². The van der Waals surface area contributed by atoms with E-state index < -0.39 is 0 Å². The summed E-state index contributed by atoms with van der Waals surface area (Å²) in [4.78, 5) is 2.85. The lowest BCUT2D eigenvalue weighted by Crippen LogP contribution is -2.40. The first-order chi connectivity index (χ1) is 8.98. The number of thiocarbonyl (C=S) groups is 1. The third kappa shape index (κ3) is 3.91. The van der Waals surface area contributed by atoms with Crippen LogP contribution >= 0.6 is 12.2 Å². The Hall–Kier alpha value is -1.13. The van der Waals surface area contributed by atoms with Gasteiger partial charge >= 0.3 is 0 Å². The van der Waals surface area contributed by atoms with Gasteiger partial charge in [0.2, 0.25) is 0 Å². The van der Waals surface area contributed by atoms with E-state index in [0.717, 1.165) is 17.8 Å². The molecule has 3 nitrogen and oxygen atoms in total. The SMILES string of the molecule is CN1CCC(C)(CNc2ccc(C(N)=S)cc2)CC1. The molecule has 1 fully saturated rings. The van der Waals surface area contributed by atoms with Gasteiger partial charge in [0.1, 0.15) is 4.99 Å². The molecule has 4 heteroatoms. The van der Waals surface area contributed by atoms with Crippen molar-refractivity contribution in [1.29, 1.82) is 0 Å². The fraction of sp³-hybridized carbons (Fsp3) is 0.533. The van der Waals surface area contributed by atoms with E-state index >= 15 is 0 Å². The van der Waals surface area contributed by atoms with Crippen LogP contribution in [0.15, 0.2) is 24.3 Å². The fourth-order valence-electron chi connectivity index (χ4n) is 2.40. The minimum Gasteiger partial charge on any atom is -0.389 e. The molecule has 2 rings (SSSR count). The van der Waals surface area contributed by atoms with Gasteiger partial charge in [0, 0.05) is 17.8 Å². The average molecular weight is 277 g/mol. The second-order valence-corrected chi connectivity index (χ2v) is 6.35. The third-order valence-corrected chi connectivity index (χ3v) is 4.32. The summed E-state index contributed by atoms with van der Waals surface area (Å²) in [7, 11) is 2.20. The van der Waals surface area contributed by atoms with Gasteiger partial charge in [0.05, 0.1) is 0 Å². The van der Waals surface area contributed by atoms with Crippen LogP contribution in [0, 0.1) is 5.41 Å². The van der Waals surface area contributed by atoms with Gasteiger partial charge in [-0.1, -0.05) is 19.1 Å². The Kier molecular flexibility index (Phi) is 4.42. The van der Waals surface area contributed by atoms with Crippen LogP contribution in [0.25, 0.3) is 0 Å². The van der Waals surface area contributed by atoms with Crippen molar-refractivity contribution in [3.05, 3.63) is 29.8 Å². The molecular formula is C15H23N3S. The van der Waals surface area contributed by atoms with Crippen molar-refractivity contribution in [2.45, 2.75) is 19.8 Å². The van der Waals surface area contributed by atoms with E-state index in [-0.39, 0.29) is 0 Å². The number of nitrogens with one attached hydrogen (secondary N) is 1. The van der Waals surface area contributed by atoms with Crippen LogP contribution < -0.4 is 11.1 Å². The number of nitrogens with two attached hydrogens (primary N) is 1. The van der Waals surface area contributed by atoms with E-state index in [0.29, 0.717) is 10.4 Å². The standard InChI is InChI=1S/C15H23N3S/c1-15(7-9-18(2)10-8-15)11-17-13-5-3-12(4-6-13)14(16)19/h3-6,17H,7-11H2,1-2H3,(H2,16,19). The molecule has 3 N–H and O–H groups in total. The largest absolute Gasteiger partial charge is 0.389 e. The molecule has 0 spiro atoms. The van der Waals surface area contributed by atoms with Gasteiger partial charge in [0.25, 0.3) is 0 Å². The van der Waals surface area contributed by atoms with Gasteiger partial charge in [-0.3, -0.25) is 0 Å². The number of benzene rings is 1. The maximum Gasteiger partial charge on any atom is 0.103 e. The zero-order valence-corrected chi connectivity index (χ0v) is 12.6. The summed E-state index contributed by atoms with van der Waals surface area (Å²) < 4.78 is 0. The molecule has 1 aliphatic heterocycles. The average Bonchev–Trinajstić information content (AvgIpc) is 2.41. The molecule has 1 aromatic carbocycles. The lowest BCUT2D eigenvalue weighted by atomic mass is 9.80. The molecule has 19 heavy (non-hydrogen) atoms. The summed E-state index contributed by atoms with van der Waals surface area (Å²) in [6.45, 7) is 5.78.